The highest BCUT2D eigenvalue weighted by molar-refractivity contribution is 6.30. The predicted molar refractivity (Wildman–Crippen MR) is 77.4 cm³/mol. The second-order valence-electron chi connectivity index (χ2n) is 5.40. The quantitative estimate of drug-likeness (QED) is 0.844. The molecule has 1 amide bonds. The number of amides is 1. The number of primary amides is 1. The van der Waals surface area contributed by atoms with Gasteiger partial charge in [-0.3, -0.25) is 10.1 Å². The lowest BCUT2D eigenvalue weighted by Crippen LogP contribution is -2.53. The zero-order valence-electron chi connectivity index (χ0n) is 10.7. The molecular formula is C16H13ClN2O. The summed E-state index contributed by atoms with van der Waals surface area (Å²) in [7, 11) is 0. The number of carbonyl (C=O) groups excluding carboxylic acids is 1. The lowest BCUT2D eigenvalue weighted by Gasteiger charge is -2.34. The Morgan fingerprint density at radius 2 is 2.05 bits per heavy atom. The van der Waals surface area contributed by atoms with Crippen molar-refractivity contribution < 1.29 is 4.79 Å². The van der Waals surface area contributed by atoms with Gasteiger partial charge >= 0.3 is 0 Å². The first-order valence-electron chi connectivity index (χ1n) is 6.59. The summed E-state index contributed by atoms with van der Waals surface area (Å²) in [6, 6.07) is 13.8. The van der Waals surface area contributed by atoms with Crippen LogP contribution in [0.5, 0.6) is 0 Å². The number of carbonyl (C=O) groups is 1. The largest absolute Gasteiger partial charge is 0.367 e. The Kier molecular flexibility index (Phi) is 2.29. The highest BCUT2D eigenvalue weighted by Gasteiger charge is 2.53. The van der Waals surface area contributed by atoms with Crippen LogP contribution >= 0.6 is 11.6 Å². The van der Waals surface area contributed by atoms with Gasteiger partial charge in [-0.1, -0.05) is 41.9 Å². The van der Waals surface area contributed by atoms with Crippen molar-refractivity contribution >= 4 is 17.5 Å². The third-order valence-corrected chi connectivity index (χ3v) is 4.64. The van der Waals surface area contributed by atoms with Crippen molar-refractivity contribution in [2.75, 3.05) is 0 Å². The summed E-state index contributed by atoms with van der Waals surface area (Å²) in [5.74, 6) is -0.379. The number of fused-ring (bicyclic) bond motifs is 7. The van der Waals surface area contributed by atoms with E-state index in [2.05, 4.69) is 11.4 Å². The van der Waals surface area contributed by atoms with Crippen LogP contribution in [0.1, 0.15) is 28.3 Å². The smallest absolute Gasteiger partial charge is 0.247 e. The summed E-state index contributed by atoms with van der Waals surface area (Å²) in [6.07, 6.45) is 0.861. The van der Waals surface area contributed by atoms with Gasteiger partial charge in [0.1, 0.15) is 5.54 Å². The fourth-order valence-corrected chi connectivity index (χ4v) is 3.75. The van der Waals surface area contributed by atoms with Gasteiger partial charge in [0.15, 0.2) is 0 Å². The zero-order valence-corrected chi connectivity index (χ0v) is 11.4. The normalized spacial score (nSPS) is 25.9. The SMILES string of the molecule is NC(=O)C12NC(Cc3ccccc31)c1ccc(Cl)cc12. The molecule has 2 aliphatic rings. The van der Waals surface area contributed by atoms with Gasteiger partial charge in [0.2, 0.25) is 5.91 Å². The first-order valence-corrected chi connectivity index (χ1v) is 6.96. The molecule has 2 bridgehead atoms. The van der Waals surface area contributed by atoms with Gasteiger partial charge < -0.3 is 5.73 Å². The molecule has 2 unspecified atom stereocenters. The minimum Gasteiger partial charge on any atom is -0.367 e. The van der Waals surface area contributed by atoms with Gasteiger partial charge in [-0.15, -0.1) is 0 Å². The van der Waals surface area contributed by atoms with Crippen molar-refractivity contribution in [2.45, 2.75) is 18.0 Å². The average Bonchev–Trinajstić information content (AvgIpc) is 2.70. The van der Waals surface area contributed by atoms with E-state index in [1.165, 1.54) is 5.56 Å². The first kappa shape index (κ1) is 11.9. The Hall–Kier alpha value is -1.84. The predicted octanol–water partition coefficient (Wildman–Crippen LogP) is 2.27. The van der Waals surface area contributed by atoms with Crippen molar-refractivity contribution in [3.05, 3.63) is 69.7 Å². The molecule has 4 rings (SSSR count). The number of nitrogens with two attached hydrogens (primary N) is 1. The molecule has 0 radical (unpaired) electrons. The van der Waals surface area contributed by atoms with Crippen LogP contribution in [0.3, 0.4) is 0 Å². The molecule has 3 N–H and O–H groups in total. The maximum atomic E-state index is 12.3. The monoisotopic (exact) mass is 284 g/mol. The molecule has 0 fully saturated rings. The first-order chi connectivity index (χ1) is 9.63. The molecule has 2 atom stereocenters. The van der Waals surface area contributed by atoms with Crippen LogP contribution in [0.25, 0.3) is 0 Å². The van der Waals surface area contributed by atoms with E-state index < -0.39 is 5.54 Å². The van der Waals surface area contributed by atoms with Crippen LogP contribution in [-0.4, -0.2) is 5.91 Å². The number of benzene rings is 2. The molecule has 4 heteroatoms. The van der Waals surface area contributed by atoms with Crippen LogP contribution < -0.4 is 11.1 Å². The van der Waals surface area contributed by atoms with E-state index in [9.17, 15) is 4.79 Å². The van der Waals surface area contributed by atoms with Crippen LogP contribution in [0, 0.1) is 0 Å². The second-order valence-corrected chi connectivity index (χ2v) is 5.84. The molecule has 2 aromatic rings. The number of hydrogen-bond acceptors (Lipinski definition) is 2. The van der Waals surface area contributed by atoms with Crippen molar-refractivity contribution in [1.29, 1.82) is 0 Å². The van der Waals surface area contributed by atoms with Crippen molar-refractivity contribution in [3.8, 4) is 0 Å². The van der Waals surface area contributed by atoms with Gasteiger partial charge in [-0.05, 0) is 40.8 Å². The molecule has 2 heterocycles. The van der Waals surface area contributed by atoms with Gasteiger partial charge in [0, 0.05) is 11.1 Å². The average molecular weight is 285 g/mol. The number of nitrogens with one attached hydrogen (secondary N) is 1. The Balaban J connectivity index is 2.10. The van der Waals surface area contributed by atoms with Gasteiger partial charge in [0.05, 0.1) is 0 Å². The minimum absolute atomic E-state index is 0.115. The molecule has 2 aliphatic heterocycles. The van der Waals surface area contributed by atoms with E-state index >= 15 is 0 Å². The lowest BCUT2D eigenvalue weighted by atomic mass is 9.80. The molecule has 0 saturated heterocycles. The highest BCUT2D eigenvalue weighted by Crippen LogP contribution is 2.48. The molecule has 0 spiro atoms. The van der Waals surface area contributed by atoms with E-state index in [-0.39, 0.29) is 11.9 Å². The third kappa shape index (κ3) is 1.31. The standard InChI is InChI=1S/C16H13ClN2O/c17-10-5-6-11-13(8-10)16(15(18)20)12-4-2-1-3-9(12)7-14(11)19-16/h1-6,8,14,19H,7H2,(H2,18,20). The molecule has 0 aliphatic carbocycles. The van der Waals surface area contributed by atoms with E-state index in [0.29, 0.717) is 5.02 Å². The van der Waals surface area contributed by atoms with Gasteiger partial charge in [0.25, 0.3) is 0 Å². The second kappa shape index (κ2) is 3.84. The number of hydrogen-bond donors (Lipinski definition) is 2. The van der Waals surface area contributed by atoms with Crippen LogP contribution in [0.4, 0.5) is 0 Å². The maximum Gasteiger partial charge on any atom is 0.247 e. The summed E-state index contributed by atoms with van der Waals surface area (Å²) in [5, 5.41) is 4.04. The number of rotatable bonds is 1. The Labute approximate surface area is 121 Å². The highest BCUT2D eigenvalue weighted by atomic mass is 35.5. The van der Waals surface area contributed by atoms with E-state index in [1.54, 1.807) is 0 Å². The summed E-state index contributed by atoms with van der Waals surface area (Å²) < 4.78 is 0. The lowest BCUT2D eigenvalue weighted by molar-refractivity contribution is -0.123. The van der Waals surface area contributed by atoms with Crippen LogP contribution in [0.15, 0.2) is 42.5 Å². The third-order valence-electron chi connectivity index (χ3n) is 4.40. The van der Waals surface area contributed by atoms with E-state index in [0.717, 1.165) is 23.1 Å². The van der Waals surface area contributed by atoms with Crippen molar-refractivity contribution in [1.82, 2.24) is 5.32 Å². The summed E-state index contributed by atoms with van der Waals surface area (Å²) >= 11 is 6.13. The fourth-order valence-electron chi connectivity index (χ4n) is 3.58. The number of halogens is 1. The maximum absolute atomic E-state index is 12.3. The molecule has 3 nitrogen and oxygen atoms in total. The molecule has 2 aromatic carbocycles. The Morgan fingerprint density at radius 1 is 1.25 bits per heavy atom. The summed E-state index contributed by atoms with van der Waals surface area (Å²) in [5.41, 5.74) is 8.96. The van der Waals surface area contributed by atoms with Crippen LogP contribution in [0.2, 0.25) is 5.02 Å². The molecule has 0 saturated carbocycles. The van der Waals surface area contributed by atoms with Gasteiger partial charge in [-0.2, -0.15) is 0 Å². The van der Waals surface area contributed by atoms with Gasteiger partial charge in [-0.25, -0.2) is 0 Å². The topological polar surface area (TPSA) is 55.1 Å². The fraction of sp³-hybridized carbons (Fsp3) is 0.188. The minimum atomic E-state index is -0.945. The molecule has 20 heavy (non-hydrogen) atoms. The zero-order chi connectivity index (χ0) is 13.9. The molecule has 0 aromatic heterocycles. The molecular weight excluding hydrogens is 272 g/mol. The summed E-state index contributed by atoms with van der Waals surface area (Å²) in [6.45, 7) is 0. The van der Waals surface area contributed by atoms with E-state index in [1.807, 2.05) is 36.4 Å². The molecule has 100 valence electrons. The van der Waals surface area contributed by atoms with Crippen LogP contribution in [-0.2, 0) is 16.8 Å². The Morgan fingerprint density at radius 3 is 2.85 bits per heavy atom. The summed E-state index contributed by atoms with van der Waals surface area (Å²) in [4.78, 5) is 12.3. The van der Waals surface area contributed by atoms with Crippen molar-refractivity contribution in [3.63, 3.8) is 0 Å². The Bertz CT molecular complexity index is 743. The van der Waals surface area contributed by atoms with Crippen molar-refractivity contribution in [2.24, 2.45) is 5.73 Å². The van der Waals surface area contributed by atoms with E-state index in [4.69, 9.17) is 17.3 Å².